The van der Waals surface area contributed by atoms with Crippen LogP contribution >= 0.6 is 0 Å². The lowest BCUT2D eigenvalue weighted by Gasteiger charge is -2.24. The van der Waals surface area contributed by atoms with Gasteiger partial charge in [-0.25, -0.2) is 0 Å². The van der Waals surface area contributed by atoms with Gasteiger partial charge in [0, 0.05) is 19.5 Å². The van der Waals surface area contributed by atoms with Gasteiger partial charge in [-0.15, -0.1) is 0 Å². The molecule has 4 heteroatoms. The molecule has 0 rings (SSSR count). The fourth-order valence-electron chi connectivity index (χ4n) is 4.68. The highest BCUT2D eigenvalue weighted by atomic mass is 16.2. The Morgan fingerprint density at radius 1 is 0.441 bits per heavy atom. The first-order valence-corrected chi connectivity index (χ1v) is 15.0. The highest BCUT2D eigenvalue weighted by molar-refractivity contribution is 5.76. The first-order valence-electron chi connectivity index (χ1n) is 15.0. The van der Waals surface area contributed by atoms with Crippen molar-refractivity contribution >= 4 is 5.91 Å². The zero-order chi connectivity index (χ0) is 25.3. The maximum Gasteiger partial charge on any atom is 0.222 e. The number of hydrogen-bond acceptors (Lipinski definition) is 3. The Balaban J connectivity index is 3.62. The van der Waals surface area contributed by atoms with Gasteiger partial charge in [-0.1, -0.05) is 110 Å². The molecule has 204 valence electrons. The van der Waals surface area contributed by atoms with Crippen LogP contribution in [0.25, 0.3) is 0 Å². The molecule has 0 N–H and O–H groups in total. The van der Waals surface area contributed by atoms with Crippen LogP contribution in [-0.2, 0) is 4.79 Å². The summed E-state index contributed by atoms with van der Waals surface area (Å²) < 4.78 is 0. The molecule has 0 bridgehead atoms. The number of hydrogen-bond donors (Lipinski definition) is 0. The van der Waals surface area contributed by atoms with E-state index >= 15 is 0 Å². The van der Waals surface area contributed by atoms with Crippen LogP contribution in [0.2, 0.25) is 0 Å². The first kappa shape index (κ1) is 33.4. The van der Waals surface area contributed by atoms with E-state index < -0.39 is 0 Å². The van der Waals surface area contributed by atoms with E-state index in [2.05, 4.69) is 49.8 Å². The molecule has 4 nitrogen and oxygen atoms in total. The normalized spacial score (nSPS) is 11.6. The molecule has 0 aromatic carbocycles. The minimum Gasteiger partial charge on any atom is -0.343 e. The van der Waals surface area contributed by atoms with E-state index in [1.165, 1.54) is 103 Å². The van der Waals surface area contributed by atoms with Gasteiger partial charge >= 0.3 is 0 Å². The van der Waals surface area contributed by atoms with Gasteiger partial charge < -0.3 is 14.7 Å². The van der Waals surface area contributed by atoms with Crippen LogP contribution in [-0.4, -0.2) is 75.0 Å². The lowest BCUT2D eigenvalue weighted by Crippen LogP contribution is -2.35. The summed E-state index contributed by atoms with van der Waals surface area (Å²) in [6, 6.07) is 0. The van der Waals surface area contributed by atoms with Gasteiger partial charge in [0.15, 0.2) is 0 Å². The summed E-state index contributed by atoms with van der Waals surface area (Å²) in [4.78, 5) is 19.3. The van der Waals surface area contributed by atoms with Crippen molar-refractivity contribution in [3.05, 3.63) is 0 Å². The van der Waals surface area contributed by atoms with Crippen molar-refractivity contribution in [1.29, 1.82) is 0 Å². The van der Waals surface area contributed by atoms with Crippen molar-refractivity contribution in [2.24, 2.45) is 0 Å². The van der Waals surface area contributed by atoms with Crippen molar-refractivity contribution in [1.82, 2.24) is 14.7 Å². The first-order chi connectivity index (χ1) is 16.5. The maximum atomic E-state index is 12.8. The second kappa shape index (κ2) is 25.5. The molecule has 0 atom stereocenters. The molecule has 0 saturated carbocycles. The van der Waals surface area contributed by atoms with Crippen molar-refractivity contribution in [2.45, 2.75) is 135 Å². The van der Waals surface area contributed by atoms with Crippen LogP contribution < -0.4 is 0 Å². The topological polar surface area (TPSA) is 26.8 Å². The number of nitrogens with zero attached hydrogens (tertiary/aromatic N) is 3. The molecule has 0 aromatic heterocycles. The van der Waals surface area contributed by atoms with E-state index in [9.17, 15) is 4.79 Å². The molecule has 0 saturated heterocycles. The molecule has 1 amide bonds. The zero-order valence-corrected chi connectivity index (χ0v) is 24.2. The van der Waals surface area contributed by atoms with Gasteiger partial charge in [0.25, 0.3) is 0 Å². The lowest BCUT2D eigenvalue weighted by atomic mass is 10.0. The summed E-state index contributed by atoms with van der Waals surface area (Å²) in [6.45, 7) is 6.21. The smallest absolute Gasteiger partial charge is 0.222 e. The Bertz CT molecular complexity index is 411. The summed E-state index contributed by atoms with van der Waals surface area (Å²) >= 11 is 0. The molecule has 0 unspecified atom stereocenters. The van der Waals surface area contributed by atoms with Crippen molar-refractivity contribution in [3.63, 3.8) is 0 Å². The molecule has 34 heavy (non-hydrogen) atoms. The van der Waals surface area contributed by atoms with Crippen LogP contribution in [0.4, 0.5) is 0 Å². The zero-order valence-electron chi connectivity index (χ0n) is 24.2. The SMILES string of the molecule is CCCCCCCCCCCCCCCCCCCC(=O)N(CCCN(C)C)CCCN(C)C. The third kappa shape index (κ3) is 24.5. The predicted octanol–water partition coefficient (Wildman–Crippen LogP) is 7.76. The molecule has 0 radical (unpaired) electrons. The molecular formula is C30H63N3O. The average molecular weight is 482 g/mol. The summed E-state index contributed by atoms with van der Waals surface area (Å²) in [7, 11) is 8.43. The van der Waals surface area contributed by atoms with Gasteiger partial charge in [0.2, 0.25) is 5.91 Å². The van der Waals surface area contributed by atoms with Crippen LogP contribution in [0, 0.1) is 0 Å². The lowest BCUT2D eigenvalue weighted by molar-refractivity contribution is -0.131. The number of carbonyl (C=O) groups is 1. The average Bonchev–Trinajstić information content (AvgIpc) is 2.79. The van der Waals surface area contributed by atoms with Gasteiger partial charge in [-0.05, 0) is 60.5 Å². The van der Waals surface area contributed by atoms with Gasteiger partial charge in [-0.2, -0.15) is 0 Å². The van der Waals surface area contributed by atoms with Gasteiger partial charge in [-0.3, -0.25) is 4.79 Å². The van der Waals surface area contributed by atoms with Crippen LogP contribution in [0.1, 0.15) is 135 Å². The third-order valence-electron chi connectivity index (χ3n) is 6.91. The van der Waals surface area contributed by atoms with Crippen LogP contribution in [0.15, 0.2) is 0 Å². The quantitative estimate of drug-likeness (QED) is 0.118. The Kier molecular flexibility index (Phi) is 25.0. The fourth-order valence-corrected chi connectivity index (χ4v) is 4.68. The second-order valence-corrected chi connectivity index (χ2v) is 11.1. The molecule has 0 heterocycles. The van der Waals surface area contributed by atoms with Crippen LogP contribution in [0.5, 0.6) is 0 Å². The monoisotopic (exact) mass is 481 g/mol. The Morgan fingerprint density at radius 3 is 1.09 bits per heavy atom. The number of carbonyl (C=O) groups excluding carboxylic acids is 1. The summed E-state index contributed by atoms with van der Waals surface area (Å²) in [6.07, 6.45) is 26.4. The largest absolute Gasteiger partial charge is 0.343 e. The molecule has 0 aliphatic carbocycles. The Hall–Kier alpha value is -0.610. The van der Waals surface area contributed by atoms with Crippen molar-refractivity contribution in [3.8, 4) is 0 Å². The van der Waals surface area contributed by atoms with Crippen molar-refractivity contribution < 1.29 is 4.79 Å². The standard InChI is InChI=1S/C30H63N3O/c1-6-7-8-9-10-11-12-13-14-15-16-17-18-19-20-21-22-25-30(34)33(28-23-26-31(2)3)29-24-27-32(4)5/h6-29H2,1-5H3. The number of amides is 1. The highest BCUT2D eigenvalue weighted by Gasteiger charge is 2.13. The molecule has 0 aromatic rings. The molecule has 0 fully saturated rings. The van der Waals surface area contributed by atoms with E-state index in [-0.39, 0.29) is 0 Å². The molecular weight excluding hydrogens is 418 g/mol. The Labute approximate surface area is 215 Å². The van der Waals surface area contributed by atoms with E-state index in [1.807, 2.05) is 0 Å². The Morgan fingerprint density at radius 2 is 0.765 bits per heavy atom. The number of rotatable bonds is 26. The molecule has 0 aliphatic heterocycles. The van der Waals surface area contributed by atoms with Crippen molar-refractivity contribution in [2.75, 3.05) is 54.4 Å². The summed E-state index contributed by atoms with van der Waals surface area (Å²) in [5.41, 5.74) is 0. The second-order valence-electron chi connectivity index (χ2n) is 11.1. The third-order valence-corrected chi connectivity index (χ3v) is 6.91. The number of unbranched alkanes of at least 4 members (excludes halogenated alkanes) is 16. The minimum atomic E-state index is 0.374. The molecule has 0 spiro atoms. The maximum absolute atomic E-state index is 12.8. The van der Waals surface area contributed by atoms with E-state index in [1.54, 1.807) is 0 Å². The van der Waals surface area contributed by atoms with Gasteiger partial charge in [0.05, 0.1) is 0 Å². The highest BCUT2D eigenvalue weighted by Crippen LogP contribution is 2.14. The van der Waals surface area contributed by atoms with Crippen LogP contribution in [0.3, 0.4) is 0 Å². The summed E-state index contributed by atoms with van der Waals surface area (Å²) in [5, 5.41) is 0. The fraction of sp³-hybridized carbons (Fsp3) is 0.967. The predicted molar refractivity (Wildman–Crippen MR) is 152 cm³/mol. The van der Waals surface area contributed by atoms with E-state index in [0.717, 1.165) is 51.9 Å². The summed E-state index contributed by atoms with van der Waals surface area (Å²) in [5.74, 6) is 0.374. The minimum absolute atomic E-state index is 0.374. The van der Waals surface area contributed by atoms with Gasteiger partial charge in [0.1, 0.15) is 0 Å². The van der Waals surface area contributed by atoms with E-state index in [4.69, 9.17) is 0 Å². The molecule has 0 aliphatic rings. The van der Waals surface area contributed by atoms with E-state index in [0.29, 0.717) is 5.91 Å².